The number of esters is 2. The van der Waals surface area contributed by atoms with E-state index in [1.807, 2.05) is 0 Å². The van der Waals surface area contributed by atoms with E-state index in [0.29, 0.717) is 0 Å². The van der Waals surface area contributed by atoms with Crippen molar-refractivity contribution < 1.29 is 14.3 Å². The molecule has 0 radical (unpaired) electrons. The van der Waals surface area contributed by atoms with Crippen molar-refractivity contribution in [2.45, 2.75) is 71.6 Å². The summed E-state index contributed by atoms with van der Waals surface area (Å²) in [5, 5.41) is 0. The molecule has 0 rings (SSSR count). The molecule has 0 aromatic heterocycles. The van der Waals surface area contributed by atoms with Gasteiger partial charge in [0.2, 0.25) is 0 Å². The van der Waals surface area contributed by atoms with Crippen molar-refractivity contribution in [2.75, 3.05) is 0 Å². The molecule has 0 amide bonds. The molecule has 0 fully saturated rings. The molecule has 19 heavy (non-hydrogen) atoms. The lowest BCUT2D eigenvalue weighted by Gasteiger charge is -2.09. The first-order valence-corrected chi connectivity index (χ1v) is 7.46. The first-order chi connectivity index (χ1) is 9.11. The Hall–Kier alpha value is -1.12. The second kappa shape index (κ2) is 11.9. The van der Waals surface area contributed by atoms with E-state index in [-0.39, 0.29) is 5.92 Å². The Labute approximate surface area is 117 Å². The first kappa shape index (κ1) is 17.9. The van der Waals surface area contributed by atoms with Crippen LogP contribution >= 0.6 is 0 Å². The molecule has 0 aromatic rings. The average molecular weight is 268 g/mol. The third kappa shape index (κ3) is 10.5. The highest BCUT2D eigenvalue weighted by Crippen LogP contribution is 2.15. The summed E-state index contributed by atoms with van der Waals surface area (Å²) in [7, 11) is 0. The van der Waals surface area contributed by atoms with Crippen molar-refractivity contribution in [1.29, 1.82) is 0 Å². The minimum absolute atomic E-state index is 0.344. The molecule has 3 heteroatoms. The summed E-state index contributed by atoms with van der Waals surface area (Å²) in [6, 6.07) is 0. The summed E-state index contributed by atoms with van der Waals surface area (Å²) in [6.07, 6.45) is 12.2. The van der Waals surface area contributed by atoms with Gasteiger partial charge in [0.1, 0.15) is 0 Å². The zero-order valence-corrected chi connectivity index (χ0v) is 12.5. The molecule has 0 aliphatic carbocycles. The zero-order chi connectivity index (χ0) is 14.5. The van der Waals surface area contributed by atoms with Crippen LogP contribution in [-0.4, -0.2) is 11.9 Å². The van der Waals surface area contributed by atoms with Crippen LogP contribution in [0.3, 0.4) is 0 Å². The van der Waals surface area contributed by atoms with E-state index in [9.17, 15) is 9.59 Å². The Bertz CT molecular complexity index is 271. The number of hydrogen-bond donors (Lipinski definition) is 0. The average Bonchev–Trinajstić information content (AvgIpc) is 2.36. The van der Waals surface area contributed by atoms with Crippen LogP contribution in [0.15, 0.2) is 12.7 Å². The van der Waals surface area contributed by atoms with E-state index < -0.39 is 11.9 Å². The summed E-state index contributed by atoms with van der Waals surface area (Å²) in [5.74, 6) is -1.36. The van der Waals surface area contributed by atoms with Gasteiger partial charge >= 0.3 is 11.9 Å². The Morgan fingerprint density at radius 2 is 1.58 bits per heavy atom. The Kier molecular flexibility index (Phi) is 11.2. The number of unbranched alkanes of at least 4 members (excludes halogenated alkanes) is 7. The minimum atomic E-state index is -0.548. The normalized spacial score (nSPS) is 11.9. The van der Waals surface area contributed by atoms with E-state index in [4.69, 9.17) is 0 Å². The van der Waals surface area contributed by atoms with E-state index in [1.165, 1.54) is 45.4 Å². The SMILES string of the molecule is C=CC(CCCCCCCCCC)C(=O)OC(C)=O. The highest BCUT2D eigenvalue weighted by molar-refractivity contribution is 5.86. The minimum Gasteiger partial charge on any atom is -0.393 e. The molecule has 0 aromatic carbocycles. The Morgan fingerprint density at radius 1 is 1.05 bits per heavy atom. The van der Waals surface area contributed by atoms with Crippen LogP contribution < -0.4 is 0 Å². The maximum atomic E-state index is 11.5. The van der Waals surface area contributed by atoms with Crippen molar-refractivity contribution >= 4 is 11.9 Å². The van der Waals surface area contributed by atoms with Gasteiger partial charge in [0.05, 0.1) is 5.92 Å². The van der Waals surface area contributed by atoms with Gasteiger partial charge < -0.3 is 4.74 Å². The van der Waals surface area contributed by atoms with Gasteiger partial charge in [-0.1, -0.05) is 64.4 Å². The predicted molar refractivity (Wildman–Crippen MR) is 77.7 cm³/mol. The first-order valence-electron chi connectivity index (χ1n) is 7.46. The van der Waals surface area contributed by atoms with Crippen LogP contribution in [-0.2, 0) is 14.3 Å². The van der Waals surface area contributed by atoms with Gasteiger partial charge in [0, 0.05) is 6.92 Å². The monoisotopic (exact) mass is 268 g/mol. The molecule has 1 atom stereocenters. The molecule has 0 saturated heterocycles. The fraction of sp³-hybridized carbons (Fsp3) is 0.750. The molecule has 110 valence electrons. The third-order valence-electron chi connectivity index (χ3n) is 3.20. The van der Waals surface area contributed by atoms with Crippen LogP contribution in [0.5, 0.6) is 0 Å². The van der Waals surface area contributed by atoms with Crippen molar-refractivity contribution in [3.8, 4) is 0 Å². The van der Waals surface area contributed by atoms with E-state index in [1.54, 1.807) is 6.08 Å². The quantitative estimate of drug-likeness (QED) is 0.241. The number of hydrogen-bond acceptors (Lipinski definition) is 3. The van der Waals surface area contributed by atoms with Crippen molar-refractivity contribution in [3.63, 3.8) is 0 Å². The fourth-order valence-electron chi connectivity index (χ4n) is 2.05. The van der Waals surface area contributed by atoms with Crippen LogP contribution in [0.2, 0.25) is 0 Å². The molecule has 0 aliphatic rings. The number of carbonyl (C=O) groups is 2. The molecule has 3 nitrogen and oxygen atoms in total. The second-order valence-corrected chi connectivity index (χ2v) is 5.02. The summed E-state index contributed by atoms with van der Waals surface area (Å²) in [4.78, 5) is 22.2. The van der Waals surface area contributed by atoms with Crippen molar-refractivity contribution in [3.05, 3.63) is 12.7 Å². The molecule has 0 bridgehead atoms. The summed E-state index contributed by atoms with van der Waals surface area (Å²) in [5.41, 5.74) is 0. The molecule has 0 N–H and O–H groups in total. The van der Waals surface area contributed by atoms with Gasteiger partial charge in [-0.25, -0.2) is 0 Å². The van der Waals surface area contributed by atoms with Crippen LogP contribution in [0.4, 0.5) is 0 Å². The number of rotatable bonds is 11. The van der Waals surface area contributed by atoms with E-state index in [2.05, 4.69) is 18.2 Å². The standard InChI is InChI=1S/C16H28O3/c1-4-6-7-8-9-10-11-12-13-15(5-2)16(18)19-14(3)17/h5,15H,2,4,6-13H2,1,3H3. The molecular weight excluding hydrogens is 240 g/mol. The fourth-order valence-corrected chi connectivity index (χ4v) is 2.05. The lowest BCUT2D eigenvalue weighted by atomic mass is 10.00. The van der Waals surface area contributed by atoms with Crippen LogP contribution in [0, 0.1) is 5.92 Å². The number of ether oxygens (including phenoxy) is 1. The largest absolute Gasteiger partial charge is 0.393 e. The van der Waals surface area contributed by atoms with Gasteiger partial charge in [0.15, 0.2) is 0 Å². The highest BCUT2D eigenvalue weighted by Gasteiger charge is 2.17. The molecular formula is C16H28O3. The number of carbonyl (C=O) groups excluding carboxylic acids is 2. The van der Waals surface area contributed by atoms with Gasteiger partial charge in [-0.15, -0.1) is 6.58 Å². The maximum Gasteiger partial charge on any atom is 0.320 e. The summed E-state index contributed by atoms with van der Waals surface area (Å²) in [6.45, 7) is 7.09. The smallest absolute Gasteiger partial charge is 0.320 e. The molecule has 0 heterocycles. The lowest BCUT2D eigenvalue weighted by Crippen LogP contribution is -2.18. The van der Waals surface area contributed by atoms with E-state index >= 15 is 0 Å². The van der Waals surface area contributed by atoms with Crippen molar-refractivity contribution in [2.24, 2.45) is 5.92 Å². The molecule has 0 spiro atoms. The molecule has 0 aliphatic heterocycles. The van der Waals surface area contributed by atoms with Crippen LogP contribution in [0.1, 0.15) is 71.6 Å². The van der Waals surface area contributed by atoms with Gasteiger partial charge in [0.25, 0.3) is 0 Å². The van der Waals surface area contributed by atoms with Gasteiger partial charge in [-0.05, 0) is 6.42 Å². The third-order valence-corrected chi connectivity index (χ3v) is 3.20. The zero-order valence-electron chi connectivity index (χ0n) is 12.5. The Morgan fingerprint density at radius 3 is 2.05 bits per heavy atom. The second-order valence-electron chi connectivity index (χ2n) is 5.02. The molecule has 1 unspecified atom stereocenters. The summed E-state index contributed by atoms with van der Waals surface area (Å²) >= 11 is 0. The summed E-state index contributed by atoms with van der Waals surface area (Å²) < 4.78 is 4.58. The maximum absolute atomic E-state index is 11.5. The lowest BCUT2D eigenvalue weighted by molar-refractivity contribution is -0.160. The van der Waals surface area contributed by atoms with Gasteiger partial charge in [-0.3, -0.25) is 9.59 Å². The predicted octanol–water partition coefficient (Wildman–Crippen LogP) is 4.41. The molecule has 0 saturated carbocycles. The highest BCUT2D eigenvalue weighted by atomic mass is 16.6. The van der Waals surface area contributed by atoms with E-state index in [0.717, 1.165) is 19.3 Å². The Balaban J connectivity index is 3.59. The topological polar surface area (TPSA) is 43.4 Å². The van der Waals surface area contributed by atoms with Crippen LogP contribution in [0.25, 0.3) is 0 Å². The van der Waals surface area contributed by atoms with Gasteiger partial charge in [-0.2, -0.15) is 0 Å². The van der Waals surface area contributed by atoms with Crippen molar-refractivity contribution in [1.82, 2.24) is 0 Å².